The van der Waals surface area contributed by atoms with E-state index < -0.39 is 6.04 Å². The monoisotopic (exact) mass is 508 g/mol. The highest BCUT2D eigenvalue weighted by Crippen LogP contribution is 2.29. The first kappa shape index (κ1) is 27.8. The maximum atomic E-state index is 13.5. The lowest BCUT2D eigenvalue weighted by atomic mass is 10.1. The summed E-state index contributed by atoms with van der Waals surface area (Å²) in [6.45, 7) is 4.69. The van der Waals surface area contributed by atoms with E-state index in [-0.39, 0.29) is 24.8 Å². The van der Waals surface area contributed by atoms with Crippen molar-refractivity contribution in [3.63, 3.8) is 0 Å². The van der Waals surface area contributed by atoms with Gasteiger partial charge >= 0.3 is 0 Å². The number of hydrogen-bond donors (Lipinski definition) is 1. The molecule has 0 radical (unpaired) electrons. The topological polar surface area (TPSA) is 67.9 Å². The number of hydrogen-bond acceptors (Lipinski definition) is 4. The van der Waals surface area contributed by atoms with Crippen molar-refractivity contribution < 1.29 is 19.1 Å². The first-order valence-corrected chi connectivity index (χ1v) is 12.3. The number of halogens is 2. The molecule has 2 amide bonds. The van der Waals surface area contributed by atoms with Crippen molar-refractivity contribution in [2.45, 2.75) is 58.5 Å². The third-order valence-corrected chi connectivity index (χ3v) is 6.39. The normalized spacial score (nSPS) is 11.6. The molecule has 0 bridgehead atoms. The van der Waals surface area contributed by atoms with Gasteiger partial charge in [-0.05, 0) is 49.1 Å². The van der Waals surface area contributed by atoms with E-state index in [4.69, 9.17) is 32.7 Å². The van der Waals surface area contributed by atoms with Crippen molar-refractivity contribution in [3.8, 4) is 11.5 Å². The Morgan fingerprint density at radius 2 is 1.71 bits per heavy atom. The van der Waals surface area contributed by atoms with E-state index in [2.05, 4.69) is 12.2 Å². The molecule has 34 heavy (non-hydrogen) atoms. The van der Waals surface area contributed by atoms with Gasteiger partial charge in [-0.15, -0.1) is 0 Å². The number of methoxy groups -OCH3 is 2. The Bertz CT molecular complexity index is 948. The summed E-state index contributed by atoms with van der Waals surface area (Å²) in [5.41, 5.74) is 1.56. The number of benzene rings is 2. The molecular formula is C26H34Cl2N2O4. The number of unbranched alkanes of at least 4 members (excludes halogenated alkanes) is 1. The fourth-order valence-corrected chi connectivity index (χ4v) is 4.23. The Labute approximate surface area is 212 Å². The number of nitrogens with zero attached hydrogens (tertiary/aromatic N) is 1. The lowest BCUT2D eigenvalue weighted by Gasteiger charge is -2.31. The molecule has 0 spiro atoms. The van der Waals surface area contributed by atoms with Crippen LogP contribution in [0.5, 0.6) is 11.5 Å². The molecule has 1 N–H and O–H groups in total. The smallest absolute Gasteiger partial charge is 0.242 e. The van der Waals surface area contributed by atoms with Crippen LogP contribution in [0.25, 0.3) is 0 Å². The summed E-state index contributed by atoms with van der Waals surface area (Å²) in [6.07, 6.45) is 3.03. The van der Waals surface area contributed by atoms with Crippen LogP contribution in [0.2, 0.25) is 10.0 Å². The molecule has 1 atom stereocenters. The zero-order valence-electron chi connectivity index (χ0n) is 20.3. The van der Waals surface area contributed by atoms with Gasteiger partial charge in [0.05, 0.1) is 14.2 Å². The Balaban J connectivity index is 2.26. The van der Waals surface area contributed by atoms with Crippen LogP contribution in [0, 0.1) is 0 Å². The number of ether oxygens (including phenoxy) is 2. The zero-order valence-corrected chi connectivity index (χ0v) is 21.8. The van der Waals surface area contributed by atoms with Crippen LogP contribution in [-0.4, -0.2) is 43.5 Å². The SMILES string of the molecule is CCCCNC(=O)C(CC)N(Cc1c(Cl)cccc1Cl)C(=O)CCc1ccc(OC)c(OC)c1. The first-order chi connectivity index (χ1) is 16.4. The van der Waals surface area contributed by atoms with Crippen molar-refractivity contribution in [2.24, 2.45) is 0 Å². The van der Waals surface area contributed by atoms with E-state index in [9.17, 15) is 9.59 Å². The van der Waals surface area contributed by atoms with Gasteiger partial charge in [0.1, 0.15) is 6.04 Å². The van der Waals surface area contributed by atoms with E-state index in [1.807, 2.05) is 25.1 Å². The number of rotatable bonds is 13. The van der Waals surface area contributed by atoms with Gasteiger partial charge in [-0.1, -0.05) is 55.6 Å². The third kappa shape index (κ3) is 7.54. The van der Waals surface area contributed by atoms with E-state index in [1.54, 1.807) is 37.3 Å². The second kappa shape index (κ2) is 14.1. The molecular weight excluding hydrogens is 475 g/mol. The number of carbonyl (C=O) groups excluding carboxylic acids is 2. The Morgan fingerprint density at radius 3 is 2.29 bits per heavy atom. The average molecular weight is 509 g/mol. The molecule has 1 unspecified atom stereocenters. The maximum Gasteiger partial charge on any atom is 0.242 e. The zero-order chi connectivity index (χ0) is 25.1. The van der Waals surface area contributed by atoms with Crippen LogP contribution in [0.15, 0.2) is 36.4 Å². The van der Waals surface area contributed by atoms with Crippen molar-refractivity contribution in [1.29, 1.82) is 0 Å². The molecule has 0 saturated carbocycles. The quantitative estimate of drug-likeness (QED) is 0.354. The van der Waals surface area contributed by atoms with Crippen molar-refractivity contribution in [2.75, 3.05) is 20.8 Å². The lowest BCUT2D eigenvalue weighted by molar-refractivity contribution is -0.141. The third-order valence-electron chi connectivity index (χ3n) is 5.68. The highest BCUT2D eigenvalue weighted by atomic mass is 35.5. The number of aryl methyl sites for hydroxylation is 1. The van der Waals surface area contributed by atoms with Crippen LogP contribution < -0.4 is 14.8 Å². The molecule has 8 heteroatoms. The molecule has 2 rings (SSSR count). The molecule has 0 aliphatic heterocycles. The van der Waals surface area contributed by atoms with Gasteiger partial charge in [-0.25, -0.2) is 0 Å². The summed E-state index contributed by atoms with van der Waals surface area (Å²) in [5.74, 6) is 0.915. The second-order valence-electron chi connectivity index (χ2n) is 7.98. The van der Waals surface area contributed by atoms with Crippen molar-refractivity contribution >= 4 is 35.0 Å². The summed E-state index contributed by atoms with van der Waals surface area (Å²) in [4.78, 5) is 28.0. The summed E-state index contributed by atoms with van der Waals surface area (Å²) in [7, 11) is 3.15. The summed E-state index contributed by atoms with van der Waals surface area (Å²) < 4.78 is 10.7. The minimum atomic E-state index is -0.623. The number of nitrogens with one attached hydrogen (secondary N) is 1. The van der Waals surface area contributed by atoms with Crippen molar-refractivity contribution in [1.82, 2.24) is 10.2 Å². The number of amides is 2. The standard InChI is InChI=1S/C26H34Cl2N2O4/c1-5-7-15-29-26(32)22(6-2)30(17-19-20(27)9-8-10-21(19)28)25(31)14-12-18-11-13-23(33-3)24(16-18)34-4/h8-11,13,16,22H,5-7,12,14-15,17H2,1-4H3,(H,29,32). The lowest BCUT2D eigenvalue weighted by Crippen LogP contribution is -2.49. The predicted octanol–water partition coefficient (Wildman–Crippen LogP) is 5.67. The Morgan fingerprint density at radius 1 is 1.03 bits per heavy atom. The fourth-order valence-electron chi connectivity index (χ4n) is 3.71. The molecule has 0 fully saturated rings. The van der Waals surface area contributed by atoms with E-state index >= 15 is 0 Å². The second-order valence-corrected chi connectivity index (χ2v) is 8.79. The van der Waals surface area contributed by atoms with Gasteiger partial charge in [0.2, 0.25) is 11.8 Å². The molecule has 0 aliphatic carbocycles. The fraction of sp³-hybridized carbons (Fsp3) is 0.462. The molecule has 0 aliphatic rings. The minimum absolute atomic E-state index is 0.150. The van der Waals surface area contributed by atoms with Gasteiger partial charge in [0.25, 0.3) is 0 Å². The molecule has 6 nitrogen and oxygen atoms in total. The van der Waals surface area contributed by atoms with Crippen molar-refractivity contribution in [3.05, 3.63) is 57.6 Å². The van der Waals surface area contributed by atoms with Gasteiger partial charge in [0, 0.05) is 35.1 Å². The predicted molar refractivity (Wildman–Crippen MR) is 137 cm³/mol. The van der Waals surface area contributed by atoms with Gasteiger partial charge in [-0.2, -0.15) is 0 Å². The highest BCUT2D eigenvalue weighted by molar-refractivity contribution is 6.36. The molecule has 0 saturated heterocycles. The molecule has 0 aromatic heterocycles. The van der Waals surface area contributed by atoms with Gasteiger partial charge < -0.3 is 19.7 Å². The highest BCUT2D eigenvalue weighted by Gasteiger charge is 2.29. The molecule has 2 aromatic rings. The summed E-state index contributed by atoms with van der Waals surface area (Å²) in [6, 6.07) is 10.2. The summed E-state index contributed by atoms with van der Waals surface area (Å²) in [5, 5.41) is 3.89. The van der Waals surface area contributed by atoms with E-state index in [0.29, 0.717) is 46.5 Å². The van der Waals surface area contributed by atoms with E-state index in [1.165, 1.54) is 0 Å². The molecule has 0 heterocycles. The maximum absolute atomic E-state index is 13.5. The summed E-state index contributed by atoms with van der Waals surface area (Å²) >= 11 is 12.8. The Kier molecular flexibility index (Phi) is 11.5. The largest absolute Gasteiger partial charge is 0.493 e. The van der Waals surface area contributed by atoms with Crippen LogP contribution >= 0.6 is 23.2 Å². The number of carbonyl (C=O) groups is 2. The first-order valence-electron chi connectivity index (χ1n) is 11.6. The van der Waals surface area contributed by atoms with Crippen LogP contribution in [0.3, 0.4) is 0 Å². The van der Waals surface area contributed by atoms with Gasteiger partial charge in [0.15, 0.2) is 11.5 Å². The van der Waals surface area contributed by atoms with Crippen LogP contribution in [0.4, 0.5) is 0 Å². The molecule has 2 aromatic carbocycles. The van der Waals surface area contributed by atoms with E-state index in [0.717, 1.165) is 18.4 Å². The van der Waals surface area contributed by atoms with Gasteiger partial charge in [-0.3, -0.25) is 9.59 Å². The van der Waals surface area contributed by atoms with Crippen LogP contribution in [-0.2, 0) is 22.6 Å². The minimum Gasteiger partial charge on any atom is -0.493 e. The van der Waals surface area contributed by atoms with Crippen LogP contribution in [0.1, 0.15) is 50.7 Å². The average Bonchev–Trinajstić information content (AvgIpc) is 2.84. The Hall–Kier alpha value is -2.44. The molecule has 186 valence electrons.